The topological polar surface area (TPSA) is 295 Å². The van der Waals surface area contributed by atoms with E-state index in [0.29, 0.717) is 38.5 Å². The molecule has 5 aliphatic carbocycles. The number of aliphatic carboxylic acids is 1. The quantitative estimate of drug-likeness (QED) is 0.0511. The third-order valence-corrected chi connectivity index (χ3v) is 18.8. The molecule has 7 aliphatic rings. The number of aliphatic hydroxyl groups excluding tert-OH is 7. The lowest BCUT2D eigenvalue weighted by molar-refractivity contribution is -0.357. The fraction of sp³-hybridized carbons (Fsp3) is 0.840. The van der Waals surface area contributed by atoms with Crippen LogP contribution in [0.25, 0.3) is 0 Å². The molecule has 2 aliphatic heterocycles. The summed E-state index contributed by atoms with van der Waals surface area (Å²) in [5, 5.41) is 88.5. The van der Waals surface area contributed by atoms with Crippen molar-refractivity contribution in [2.45, 2.75) is 201 Å². The average molecular weight is 981 g/mol. The molecule has 4 saturated carbocycles. The van der Waals surface area contributed by atoms with Gasteiger partial charge in [-0.3, -0.25) is 9.59 Å². The van der Waals surface area contributed by atoms with Crippen LogP contribution in [0.1, 0.15) is 115 Å². The molecule has 7 rings (SSSR count). The highest BCUT2D eigenvalue weighted by molar-refractivity contribution is 5.88. The van der Waals surface area contributed by atoms with Gasteiger partial charge in [0.25, 0.3) is 0 Å². The van der Waals surface area contributed by atoms with Gasteiger partial charge in [-0.15, -0.1) is 0 Å². The third kappa shape index (κ3) is 8.30. The maximum absolute atomic E-state index is 13.7. The van der Waals surface area contributed by atoms with Crippen molar-refractivity contribution in [1.29, 1.82) is 0 Å². The van der Waals surface area contributed by atoms with E-state index in [2.05, 4.69) is 33.8 Å². The van der Waals surface area contributed by atoms with Gasteiger partial charge in [0.1, 0.15) is 54.9 Å². The Bertz CT molecular complexity index is 2050. The standard InChI is InChI=1S/C50H76O19/c1-12-22(2)42(62)69-40-39(65-24(4)53)45(5,6)19-26-25-13-14-29-47(9)17-16-30(66-44-34(58)35(33(57)36(68-44)41(60)61)67-43-32(56)31(55)27(54)20-63-43)46(7,8)28(47)15-18-48(29,10)49(25,11)38(64-23(3)52)37(59)50(26,40)21-51/h12-13,26-40,43-44,51,54-59H,14-21H2,1-11H3,(H,60,61)/b22-12+/t26-,27+,28-,29-,30+,31-,32-,33+,34-,35+,36+,37-,38+,39-,40+,43-,44-,47+,48+,49-,50-/m0/s1. The highest BCUT2D eigenvalue weighted by atomic mass is 16.7. The molecule has 19 nitrogen and oxygen atoms in total. The van der Waals surface area contributed by atoms with Crippen LogP contribution in [0, 0.1) is 50.2 Å². The van der Waals surface area contributed by atoms with Crippen molar-refractivity contribution in [3.05, 3.63) is 23.3 Å². The van der Waals surface area contributed by atoms with Gasteiger partial charge in [0, 0.05) is 30.3 Å². The van der Waals surface area contributed by atoms with Crippen molar-refractivity contribution in [2.75, 3.05) is 13.2 Å². The number of esters is 3. The van der Waals surface area contributed by atoms with Gasteiger partial charge in [0.2, 0.25) is 0 Å². The number of fused-ring (bicyclic) bond motifs is 7. The Kier molecular flexibility index (Phi) is 14.6. The number of ether oxygens (including phenoxy) is 7. The Morgan fingerprint density at radius 3 is 2.00 bits per heavy atom. The summed E-state index contributed by atoms with van der Waals surface area (Å²) in [6, 6.07) is 0. The first-order valence-electron chi connectivity index (χ1n) is 24.4. The number of hydrogen-bond acceptors (Lipinski definition) is 18. The van der Waals surface area contributed by atoms with Crippen LogP contribution in [0.4, 0.5) is 0 Å². The Morgan fingerprint density at radius 1 is 0.768 bits per heavy atom. The molecular formula is C50H76O19. The molecule has 6 fully saturated rings. The fourth-order valence-electron chi connectivity index (χ4n) is 14.9. The number of hydrogen-bond donors (Lipinski definition) is 8. The summed E-state index contributed by atoms with van der Waals surface area (Å²) in [4.78, 5) is 52.2. The van der Waals surface area contributed by atoms with Crippen LogP contribution in [0.15, 0.2) is 23.3 Å². The molecule has 69 heavy (non-hydrogen) atoms. The van der Waals surface area contributed by atoms with E-state index in [1.54, 1.807) is 19.9 Å². The van der Waals surface area contributed by atoms with Gasteiger partial charge in [0.05, 0.1) is 24.7 Å². The van der Waals surface area contributed by atoms with Gasteiger partial charge in [0.15, 0.2) is 24.8 Å². The zero-order valence-electron chi connectivity index (χ0n) is 41.7. The molecule has 0 aromatic heterocycles. The van der Waals surface area contributed by atoms with Gasteiger partial charge in [-0.05, 0) is 86.4 Å². The largest absolute Gasteiger partial charge is 0.479 e. The van der Waals surface area contributed by atoms with Crippen molar-refractivity contribution in [2.24, 2.45) is 50.2 Å². The number of aliphatic hydroxyl groups is 7. The molecule has 0 aromatic carbocycles. The van der Waals surface area contributed by atoms with Crippen molar-refractivity contribution in [1.82, 2.24) is 0 Å². The van der Waals surface area contributed by atoms with Crippen LogP contribution in [0.5, 0.6) is 0 Å². The summed E-state index contributed by atoms with van der Waals surface area (Å²) in [5.41, 5.74) is -4.16. The van der Waals surface area contributed by atoms with Crippen molar-refractivity contribution in [3.63, 3.8) is 0 Å². The lowest BCUT2D eigenvalue weighted by Crippen LogP contribution is -2.77. The monoisotopic (exact) mass is 980 g/mol. The number of carbonyl (C=O) groups excluding carboxylic acids is 3. The number of carbonyl (C=O) groups is 4. The molecule has 0 radical (unpaired) electrons. The van der Waals surface area contributed by atoms with Gasteiger partial charge in [-0.1, -0.05) is 66.2 Å². The highest BCUT2D eigenvalue weighted by Crippen LogP contribution is 2.76. The van der Waals surface area contributed by atoms with Gasteiger partial charge in [-0.2, -0.15) is 0 Å². The summed E-state index contributed by atoms with van der Waals surface area (Å²) in [7, 11) is 0. The Hall–Kier alpha value is -3.08. The summed E-state index contributed by atoms with van der Waals surface area (Å²) >= 11 is 0. The molecule has 21 atom stereocenters. The van der Waals surface area contributed by atoms with E-state index in [0.717, 1.165) is 5.57 Å². The first-order valence-corrected chi connectivity index (χ1v) is 24.4. The first kappa shape index (κ1) is 53.7. The second kappa shape index (κ2) is 18.8. The summed E-state index contributed by atoms with van der Waals surface area (Å²) in [6.45, 7) is 19.1. The van der Waals surface area contributed by atoms with Gasteiger partial charge < -0.3 is 74.0 Å². The van der Waals surface area contributed by atoms with Gasteiger partial charge >= 0.3 is 23.9 Å². The molecule has 19 heteroatoms. The molecule has 0 bridgehead atoms. The van der Waals surface area contributed by atoms with Crippen LogP contribution in [-0.4, -0.2) is 164 Å². The van der Waals surface area contributed by atoms with E-state index < -0.39 is 161 Å². The maximum atomic E-state index is 13.7. The zero-order valence-corrected chi connectivity index (χ0v) is 41.7. The molecule has 390 valence electrons. The first-order chi connectivity index (χ1) is 32.0. The Morgan fingerprint density at radius 2 is 1.41 bits per heavy atom. The number of carboxylic acid groups (broad SMARTS) is 1. The minimum atomic E-state index is -1.95. The average Bonchev–Trinajstić information content (AvgIpc) is 3.26. The van der Waals surface area contributed by atoms with E-state index in [1.165, 1.54) is 13.8 Å². The smallest absolute Gasteiger partial charge is 0.335 e. The van der Waals surface area contributed by atoms with E-state index in [1.807, 2.05) is 20.8 Å². The fourth-order valence-corrected chi connectivity index (χ4v) is 14.9. The Balaban J connectivity index is 1.24. The maximum Gasteiger partial charge on any atom is 0.335 e. The highest BCUT2D eigenvalue weighted by Gasteiger charge is 2.77. The number of carboxylic acids is 1. The lowest BCUT2D eigenvalue weighted by Gasteiger charge is -2.73. The zero-order chi connectivity index (χ0) is 51.3. The molecule has 2 heterocycles. The molecule has 0 aromatic rings. The molecule has 2 saturated heterocycles. The Labute approximate surface area is 403 Å². The van der Waals surface area contributed by atoms with E-state index in [-0.39, 0.29) is 17.4 Å². The summed E-state index contributed by atoms with van der Waals surface area (Å²) in [6.07, 6.45) is -14.6. The predicted molar refractivity (Wildman–Crippen MR) is 240 cm³/mol. The van der Waals surface area contributed by atoms with Gasteiger partial charge in [-0.25, -0.2) is 9.59 Å². The normalized spacial score (nSPS) is 48.0. The number of rotatable bonds is 10. The third-order valence-electron chi connectivity index (χ3n) is 18.8. The molecular weight excluding hydrogens is 905 g/mol. The van der Waals surface area contributed by atoms with Crippen LogP contribution >= 0.6 is 0 Å². The molecule has 0 amide bonds. The van der Waals surface area contributed by atoms with E-state index >= 15 is 0 Å². The summed E-state index contributed by atoms with van der Waals surface area (Å²) in [5.74, 6) is -4.32. The van der Waals surface area contributed by atoms with Crippen LogP contribution in [0.2, 0.25) is 0 Å². The van der Waals surface area contributed by atoms with Crippen molar-refractivity contribution in [3.8, 4) is 0 Å². The molecule has 8 N–H and O–H groups in total. The SMILES string of the molecule is C/C=C(\C)C(=O)O[C@@H]1[C@H](OC(C)=O)C(C)(C)C[C@H]2C3=CC[C@H]4[C@]5(C)CC[C@@H](O[C@H]6O[C@@H](C(=O)O)[C@H](O)[C@@H](O[C@@H]7OC[C@@H](O)[C@H](O)[C@@H]7O)[C@@H]6O)C(C)(C)[C@@H]5CC[C@@]4(C)[C@]3(C)[C@H](OC(C)=O)[C@H](O)[C@@]12CO. The van der Waals surface area contributed by atoms with Crippen molar-refractivity contribution >= 4 is 23.9 Å². The second-order valence-corrected chi connectivity index (χ2v) is 23.1. The second-order valence-electron chi connectivity index (χ2n) is 23.1. The van der Waals surface area contributed by atoms with Crippen LogP contribution < -0.4 is 0 Å². The molecule has 0 spiro atoms. The minimum absolute atomic E-state index is 0.0540. The minimum Gasteiger partial charge on any atom is -0.479 e. The lowest BCUT2D eigenvalue weighted by atomic mass is 9.32. The van der Waals surface area contributed by atoms with E-state index in [4.69, 9.17) is 33.2 Å². The number of allylic oxidation sites excluding steroid dienone is 2. The predicted octanol–water partition coefficient (Wildman–Crippen LogP) is 2.06. The van der Waals surface area contributed by atoms with E-state index in [9.17, 15) is 60.0 Å². The van der Waals surface area contributed by atoms with Crippen LogP contribution in [-0.2, 0) is 52.3 Å². The summed E-state index contributed by atoms with van der Waals surface area (Å²) < 4.78 is 42.0. The molecule has 0 unspecified atom stereocenters. The van der Waals surface area contributed by atoms with Crippen molar-refractivity contribution < 1.29 is 93.2 Å². The van der Waals surface area contributed by atoms with Crippen LogP contribution in [0.3, 0.4) is 0 Å².